The Balaban J connectivity index is 1.46. The molecule has 4 nitrogen and oxygen atoms in total. The van der Waals surface area contributed by atoms with E-state index in [1.54, 1.807) is 6.07 Å². The van der Waals surface area contributed by atoms with Crippen LogP contribution in [0.2, 0.25) is 5.02 Å². The van der Waals surface area contributed by atoms with Crippen molar-refractivity contribution in [3.8, 4) is 0 Å². The zero-order chi connectivity index (χ0) is 22.5. The van der Waals surface area contributed by atoms with Crippen LogP contribution in [0, 0.1) is 11.8 Å². The van der Waals surface area contributed by atoms with Crippen LogP contribution in [-0.2, 0) is 17.4 Å². The van der Waals surface area contributed by atoms with E-state index in [-0.39, 0.29) is 11.9 Å². The maximum Gasteiger partial charge on any atom is 0.416 e. The van der Waals surface area contributed by atoms with Gasteiger partial charge in [0, 0.05) is 31.9 Å². The topological polar surface area (TPSA) is 35.6 Å². The normalized spacial score (nSPS) is 22.9. The largest absolute Gasteiger partial charge is 0.416 e. The van der Waals surface area contributed by atoms with Gasteiger partial charge in [-0.05, 0) is 61.1 Å². The molecule has 1 saturated carbocycles. The van der Waals surface area contributed by atoms with Crippen molar-refractivity contribution < 1.29 is 18.0 Å². The van der Waals surface area contributed by atoms with Crippen LogP contribution < -0.4 is 15.1 Å². The lowest BCUT2D eigenvalue weighted by Gasteiger charge is -2.50. The molecule has 5 rings (SSSR count). The number of hydrogen-bond donors (Lipinski definition) is 1. The molecule has 2 atom stereocenters. The molecule has 0 aromatic heterocycles. The Morgan fingerprint density at radius 3 is 2.59 bits per heavy atom. The fourth-order valence-electron chi connectivity index (χ4n) is 4.92. The molecule has 32 heavy (non-hydrogen) atoms. The highest BCUT2D eigenvalue weighted by Crippen LogP contribution is 2.41. The van der Waals surface area contributed by atoms with Gasteiger partial charge in [0.25, 0.3) is 0 Å². The number of para-hydroxylation sites is 1. The molecule has 2 fully saturated rings. The Labute approximate surface area is 190 Å². The summed E-state index contributed by atoms with van der Waals surface area (Å²) in [5.74, 6) is 0.0414. The molecule has 2 aromatic rings. The van der Waals surface area contributed by atoms with Crippen molar-refractivity contribution in [2.75, 3.05) is 36.0 Å². The summed E-state index contributed by atoms with van der Waals surface area (Å²) in [5, 5.41) is 3.71. The number of rotatable bonds is 4. The lowest BCUT2D eigenvalue weighted by Crippen LogP contribution is -2.61. The Kier molecular flexibility index (Phi) is 5.48. The number of amides is 1. The molecule has 170 valence electrons. The van der Waals surface area contributed by atoms with Gasteiger partial charge in [-0.2, -0.15) is 13.2 Å². The van der Waals surface area contributed by atoms with Gasteiger partial charge >= 0.3 is 6.18 Å². The van der Waals surface area contributed by atoms with Crippen molar-refractivity contribution in [3.05, 3.63) is 58.6 Å². The molecule has 8 heteroatoms. The predicted octanol–water partition coefficient (Wildman–Crippen LogP) is 4.75. The fraction of sp³-hybridized carbons (Fsp3) is 0.458. The van der Waals surface area contributed by atoms with E-state index in [4.69, 9.17) is 11.6 Å². The van der Waals surface area contributed by atoms with E-state index in [2.05, 4.69) is 15.1 Å². The monoisotopic (exact) mass is 463 g/mol. The van der Waals surface area contributed by atoms with Crippen LogP contribution in [0.1, 0.15) is 24.0 Å². The van der Waals surface area contributed by atoms with E-state index in [1.807, 2.05) is 24.3 Å². The summed E-state index contributed by atoms with van der Waals surface area (Å²) >= 11 is 6.42. The summed E-state index contributed by atoms with van der Waals surface area (Å²) < 4.78 is 40.0. The summed E-state index contributed by atoms with van der Waals surface area (Å²) in [5.41, 5.74) is 1.65. The Morgan fingerprint density at radius 2 is 1.88 bits per heavy atom. The third-order valence-electron chi connectivity index (χ3n) is 6.83. The van der Waals surface area contributed by atoms with Gasteiger partial charge in [-0.25, -0.2) is 0 Å². The number of alkyl halides is 3. The van der Waals surface area contributed by atoms with Gasteiger partial charge < -0.3 is 15.1 Å². The summed E-state index contributed by atoms with van der Waals surface area (Å²) in [6, 6.07) is 11.4. The minimum absolute atomic E-state index is 0.0732. The van der Waals surface area contributed by atoms with Gasteiger partial charge in [-0.1, -0.05) is 23.7 Å². The Bertz CT molecular complexity index is 1020. The molecule has 0 unspecified atom stereocenters. The van der Waals surface area contributed by atoms with Crippen molar-refractivity contribution in [1.29, 1.82) is 0 Å². The third-order valence-corrected chi connectivity index (χ3v) is 7.15. The van der Waals surface area contributed by atoms with Crippen molar-refractivity contribution in [3.63, 3.8) is 0 Å². The number of piperazine rings is 1. The average molecular weight is 464 g/mol. The Hall–Kier alpha value is -2.41. The standard InChI is InChI=1S/C24H25ClF3N3O/c25-19-3-1-2-4-21(19)30-9-10-31-20-8-7-17(24(26,27)28)11-16(20)12-18(22(31)14-30)23(32)29-13-15-5-6-15/h1-4,7-8,11,15,18,22H,5-6,9-10,12-14H2,(H,29,32)/t18-,22-/m0/s1. The first-order valence-corrected chi connectivity index (χ1v) is 11.4. The molecular weight excluding hydrogens is 439 g/mol. The first kappa shape index (κ1) is 21.4. The van der Waals surface area contributed by atoms with Gasteiger partial charge in [0.15, 0.2) is 0 Å². The number of carbonyl (C=O) groups is 1. The van der Waals surface area contributed by atoms with Gasteiger partial charge in [0.1, 0.15) is 0 Å². The maximum atomic E-state index is 13.3. The summed E-state index contributed by atoms with van der Waals surface area (Å²) in [6.07, 6.45) is -1.86. The minimum atomic E-state index is -4.40. The number of carbonyl (C=O) groups excluding carboxylic acids is 1. The average Bonchev–Trinajstić information content (AvgIpc) is 3.60. The van der Waals surface area contributed by atoms with Gasteiger partial charge in [0.2, 0.25) is 5.91 Å². The molecule has 1 N–H and O–H groups in total. The zero-order valence-electron chi connectivity index (χ0n) is 17.5. The van der Waals surface area contributed by atoms with Crippen molar-refractivity contribution in [2.24, 2.45) is 11.8 Å². The zero-order valence-corrected chi connectivity index (χ0v) is 18.3. The lowest BCUT2D eigenvalue weighted by molar-refractivity contribution is -0.137. The van der Waals surface area contributed by atoms with Crippen molar-refractivity contribution in [1.82, 2.24) is 5.32 Å². The molecule has 0 bridgehead atoms. The molecule has 0 radical (unpaired) electrons. The second kappa shape index (κ2) is 8.18. The highest BCUT2D eigenvalue weighted by atomic mass is 35.5. The quantitative estimate of drug-likeness (QED) is 0.710. The number of anilines is 2. The van der Waals surface area contributed by atoms with Crippen LogP contribution in [0.25, 0.3) is 0 Å². The molecule has 1 aliphatic carbocycles. The van der Waals surface area contributed by atoms with Crippen molar-refractivity contribution >= 4 is 28.9 Å². The first-order chi connectivity index (χ1) is 15.3. The number of hydrogen-bond acceptors (Lipinski definition) is 3. The molecule has 3 aliphatic rings. The van der Waals surface area contributed by atoms with E-state index >= 15 is 0 Å². The number of fused-ring (bicyclic) bond motifs is 3. The highest BCUT2D eigenvalue weighted by molar-refractivity contribution is 6.33. The highest BCUT2D eigenvalue weighted by Gasteiger charge is 2.43. The van der Waals surface area contributed by atoms with Crippen molar-refractivity contribution in [2.45, 2.75) is 31.5 Å². The number of halogens is 4. The van der Waals surface area contributed by atoms with Gasteiger partial charge in [0.05, 0.1) is 28.2 Å². The number of benzene rings is 2. The fourth-order valence-corrected chi connectivity index (χ4v) is 5.18. The Morgan fingerprint density at radius 1 is 1.09 bits per heavy atom. The van der Waals surface area contributed by atoms with Crippen LogP contribution in [-0.4, -0.2) is 38.1 Å². The second-order valence-electron chi connectivity index (χ2n) is 9.00. The smallest absolute Gasteiger partial charge is 0.366 e. The molecule has 2 heterocycles. The number of nitrogens with one attached hydrogen (secondary N) is 1. The van der Waals surface area contributed by atoms with E-state index in [9.17, 15) is 18.0 Å². The van der Waals surface area contributed by atoms with Crippen LogP contribution >= 0.6 is 11.6 Å². The van der Waals surface area contributed by atoms with Gasteiger partial charge in [-0.15, -0.1) is 0 Å². The molecule has 1 amide bonds. The first-order valence-electron chi connectivity index (χ1n) is 11.0. The summed E-state index contributed by atoms with van der Waals surface area (Å²) in [6.45, 7) is 2.52. The molecule has 1 saturated heterocycles. The SMILES string of the molecule is O=C(NCC1CC1)[C@H]1Cc2cc(C(F)(F)F)ccc2N2CCN(c3ccccc3Cl)C[C@@H]12. The van der Waals surface area contributed by atoms with Crippen LogP contribution in [0.15, 0.2) is 42.5 Å². The lowest BCUT2D eigenvalue weighted by atomic mass is 9.82. The van der Waals surface area contributed by atoms with Crippen LogP contribution in [0.3, 0.4) is 0 Å². The summed E-state index contributed by atoms with van der Waals surface area (Å²) in [7, 11) is 0. The molecular formula is C24H25ClF3N3O. The molecule has 2 aromatic carbocycles. The van der Waals surface area contributed by atoms with E-state index in [0.29, 0.717) is 49.1 Å². The second-order valence-corrected chi connectivity index (χ2v) is 9.41. The predicted molar refractivity (Wildman–Crippen MR) is 119 cm³/mol. The van der Waals surface area contributed by atoms with E-state index in [1.165, 1.54) is 6.07 Å². The molecule has 2 aliphatic heterocycles. The maximum absolute atomic E-state index is 13.3. The molecule has 0 spiro atoms. The number of nitrogens with zero attached hydrogens (tertiary/aromatic N) is 2. The van der Waals surface area contributed by atoms with Crippen LogP contribution in [0.4, 0.5) is 24.5 Å². The summed E-state index contributed by atoms with van der Waals surface area (Å²) in [4.78, 5) is 17.5. The van der Waals surface area contributed by atoms with Crippen LogP contribution in [0.5, 0.6) is 0 Å². The third kappa shape index (κ3) is 4.15. The van der Waals surface area contributed by atoms with E-state index in [0.717, 1.165) is 30.3 Å². The minimum Gasteiger partial charge on any atom is -0.366 e. The van der Waals surface area contributed by atoms with E-state index < -0.39 is 17.7 Å². The van der Waals surface area contributed by atoms with Gasteiger partial charge in [-0.3, -0.25) is 4.79 Å².